The number of carbonyl (C=O) groups excluding carboxylic acids is 1. The van der Waals surface area contributed by atoms with Gasteiger partial charge in [-0.1, -0.05) is 15.9 Å². The zero-order valence-corrected chi connectivity index (χ0v) is 12.2. The fourth-order valence-corrected chi connectivity index (χ4v) is 2.37. The molecule has 0 radical (unpaired) electrons. The summed E-state index contributed by atoms with van der Waals surface area (Å²) in [5, 5.41) is 2.71. The minimum atomic E-state index is -0.418. The quantitative estimate of drug-likeness (QED) is 0.893. The third-order valence-electron chi connectivity index (χ3n) is 2.60. The highest BCUT2D eigenvalue weighted by Crippen LogP contribution is 2.19. The van der Waals surface area contributed by atoms with Crippen LogP contribution in [0.5, 0.6) is 0 Å². The Labute approximate surface area is 119 Å². The lowest BCUT2D eigenvalue weighted by molar-refractivity contribution is 0.102. The van der Waals surface area contributed by atoms with Crippen molar-refractivity contribution in [1.29, 1.82) is 0 Å². The number of anilines is 1. The average molecular weight is 321 g/mol. The minimum absolute atomic E-state index is 0.100. The predicted molar refractivity (Wildman–Crippen MR) is 78.6 cm³/mol. The zero-order valence-electron chi connectivity index (χ0n) is 10.6. The van der Waals surface area contributed by atoms with E-state index in [1.54, 1.807) is 13.0 Å². The maximum Gasteiger partial charge on any atom is 0.261 e. The topological polar surface area (TPSA) is 62.0 Å². The molecular weight excluding hydrogens is 308 g/mol. The highest BCUT2D eigenvalue weighted by atomic mass is 79.9. The third kappa shape index (κ3) is 3.32. The number of H-pyrrole nitrogens is 1. The second-order valence-electron chi connectivity index (χ2n) is 4.37. The van der Waals surface area contributed by atoms with E-state index in [9.17, 15) is 9.59 Å². The van der Waals surface area contributed by atoms with Crippen LogP contribution < -0.4 is 10.7 Å². The highest BCUT2D eigenvalue weighted by molar-refractivity contribution is 9.10. The molecule has 2 N–H and O–H groups in total. The second kappa shape index (κ2) is 5.40. The normalized spacial score (nSPS) is 10.3. The van der Waals surface area contributed by atoms with E-state index in [2.05, 4.69) is 26.2 Å². The Morgan fingerprint density at radius 3 is 2.58 bits per heavy atom. The number of aromatic amines is 1. The van der Waals surface area contributed by atoms with Gasteiger partial charge in [0.2, 0.25) is 0 Å². The number of halogens is 1. The van der Waals surface area contributed by atoms with Crippen molar-refractivity contribution in [2.45, 2.75) is 13.8 Å². The van der Waals surface area contributed by atoms with Crippen molar-refractivity contribution < 1.29 is 4.79 Å². The van der Waals surface area contributed by atoms with Crippen molar-refractivity contribution in [3.63, 3.8) is 0 Å². The first-order valence-corrected chi connectivity index (χ1v) is 6.53. The Balaban J connectivity index is 2.28. The summed E-state index contributed by atoms with van der Waals surface area (Å²) >= 11 is 3.36. The van der Waals surface area contributed by atoms with Crippen LogP contribution in [0.3, 0.4) is 0 Å². The van der Waals surface area contributed by atoms with Gasteiger partial charge in [0.1, 0.15) is 5.56 Å². The Morgan fingerprint density at radius 2 is 1.95 bits per heavy atom. The van der Waals surface area contributed by atoms with Crippen molar-refractivity contribution in [3.8, 4) is 0 Å². The maximum atomic E-state index is 12.0. The van der Waals surface area contributed by atoms with Crippen LogP contribution in [-0.4, -0.2) is 10.9 Å². The summed E-state index contributed by atoms with van der Waals surface area (Å²) < 4.78 is 0.876. The number of pyridine rings is 1. The number of aryl methyl sites for hydroxylation is 2. The number of hydrogen-bond acceptors (Lipinski definition) is 2. The number of benzene rings is 1. The van der Waals surface area contributed by atoms with Crippen LogP contribution in [0.15, 0.2) is 39.7 Å². The molecular formula is C14H13BrN2O2. The van der Waals surface area contributed by atoms with Crippen LogP contribution in [-0.2, 0) is 0 Å². The summed E-state index contributed by atoms with van der Waals surface area (Å²) in [6, 6.07) is 6.97. The summed E-state index contributed by atoms with van der Waals surface area (Å²) in [4.78, 5) is 26.6. The number of amides is 1. The van der Waals surface area contributed by atoms with E-state index >= 15 is 0 Å². The van der Waals surface area contributed by atoms with Crippen LogP contribution in [0, 0.1) is 13.8 Å². The smallest absolute Gasteiger partial charge is 0.261 e. The van der Waals surface area contributed by atoms with Gasteiger partial charge >= 0.3 is 0 Å². The van der Waals surface area contributed by atoms with Crippen molar-refractivity contribution in [1.82, 2.24) is 4.98 Å². The van der Waals surface area contributed by atoms with Crippen LogP contribution in [0.4, 0.5) is 5.69 Å². The lowest BCUT2D eigenvalue weighted by Gasteiger charge is -2.07. The summed E-state index contributed by atoms with van der Waals surface area (Å²) in [6.07, 6.45) is 1.43. The van der Waals surface area contributed by atoms with Gasteiger partial charge in [0.25, 0.3) is 5.91 Å². The average Bonchev–Trinajstić information content (AvgIpc) is 2.26. The van der Waals surface area contributed by atoms with Crippen molar-refractivity contribution in [2.24, 2.45) is 0 Å². The Hall–Kier alpha value is -1.88. The fraction of sp³-hybridized carbons (Fsp3) is 0.143. The molecule has 1 aromatic heterocycles. The predicted octanol–water partition coefficient (Wildman–Crippen LogP) is 3.01. The molecule has 2 aromatic rings. The van der Waals surface area contributed by atoms with Gasteiger partial charge in [-0.05, 0) is 37.6 Å². The lowest BCUT2D eigenvalue weighted by Crippen LogP contribution is -2.21. The van der Waals surface area contributed by atoms with Gasteiger partial charge in [-0.15, -0.1) is 0 Å². The molecule has 1 aromatic carbocycles. The van der Waals surface area contributed by atoms with Crippen LogP contribution in [0.2, 0.25) is 0 Å². The largest absolute Gasteiger partial charge is 0.364 e. The maximum absolute atomic E-state index is 12.0. The van der Waals surface area contributed by atoms with E-state index in [1.165, 1.54) is 12.3 Å². The first kappa shape index (κ1) is 13.5. The van der Waals surface area contributed by atoms with Gasteiger partial charge in [0.05, 0.1) is 0 Å². The van der Waals surface area contributed by atoms with Crippen LogP contribution in [0.1, 0.15) is 21.6 Å². The van der Waals surface area contributed by atoms with E-state index in [-0.39, 0.29) is 11.0 Å². The van der Waals surface area contributed by atoms with E-state index in [0.29, 0.717) is 5.69 Å². The fourth-order valence-electron chi connectivity index (χ4n) is 1.76. The van der Waals surface area contributed by atoms with E-state index < -0.39 is 5.91 Å². The monoisotopic (exact) mass is 320 g/mol. The molecule has 1 heterocycles. The SMILES string of the molecule is Cc1cc(Br)cc(NC(=O)c2c[nH]c(C)cc2=O)c1. The van der Waals surface area contributed by atoms with Gasteiger partial charge in [-0.3, -0.25) is 9.59 Å². The number of aromatic nitrogens is 1. The zero-order chi connectivity index (χ0) is 14.0. The summed E-state index contributed by atoms with van der Waals surface area (Å²) in [5.74, 6) is -0.418. The molecule has 0 bridgehead atoms. The molecule has 4 nitrogen and oxygen atoms in total. The third-order valence-corrected chi connectivity index (χ3v) is 3.06. The number of hydrogen-bond donors (Lipinski definition) is 2. The van der Waals surface area contributed by atoms with E-state index in [0.717, 1.165) is 15.7 Å². The Bertz CT molecular complexity index is 672. The van der Waals surface area contributed by atoms with Gasteiger partial charge in [-0.2, -0.15) is 0 Å². The Morgan fingerprint density at radius 1 is 1.21 bits per heavy atom. The van der Waals surface area contributed by atoms with Gasteiger partial charge in [0, 0.05) is 28.1 Å². The molecule has 0 aliphatic heterocycles. The Kier molecular flexibility index (Phi) is 3.85. The summed E-state index contributed by atoms with van der Waals surface area (Å²) in [6.45, 7) is 3.69. The van der Waals surface area contributed by atoms with Crippen molar-refractivity contribution in [3.05, 3.63) is 62.0 Å². The molecule has 0 aliphatic rings. The molecule has 19 heavy (non-hydrogen) atoms. The van der Waals surface area contributed by atoms with E-state index in [4.69, 9.17) is 0 Å². The molecule has 0 aliphatic carbocycles. The first-order valence-electron chi connectivity index (χ1n) is 5.73. The standard InChI is InChI=1S/C14H13BrN2O2/c1-8-3-10(15)6-11(4-8)17-14(19)12-7-16-9(2)5-13(12)18/h3-7H,1-2H3,(H,16,18)(H,17,19). The minimum Gasteiger partial charge on any atom is -0.364 e. The molecule has 0 saturated heterocycles. The second-order valence-corrected chi connectivity index (χ2v) is 5.28. The van der Waals surface area contributed by atoms with Crippen molar-refractivity contribution in [2.75, 3.05) is 5.32 Å². The van der Waals surface area contributed by atoms with Gasteiger partial charge in [-0.25, -0.2) is 0 Å². The molecule has 0 unspecified atom stereocenters. The van der Waals surface area contributed by atoms with Crippen LogP contribution >= 0.6 is 15.9 Å². The highest BCUT2D eigenvalue weighted by Gasteiger charge is 2.10. The first-order chi connectivity index (χ1) is 8.95. The number of nitrogens with one attached hydrogen (secondary N) is 2. The summed E-state index contributed by atoms with van der Waals surface area (Å²) in [5.41, 5.74) is 2.20. The molecule has 0 atom stereocenters. The molecule has 5 heteroatoms. The van der Waals surface area contributed by atoms with Crippen molar-refractivity contribution >= 4 is 27.5 Å². The molecule has 0 saturated carbocycles. The molecule has 1 amide bonds. The molecule has 98 valence electrons. The lowest BCUT2D eigenvalue weighted by atomic mass is 10.2. The molecule has 2 rings (SSSR count). The van der Waals surface area contributed by atoms with Crippen LogP contribution in [0.25, 0.3) is 0 Å². The van der Waals surface area contributed by atoms with Gasteiger partial charge in [0.15, 0.2) is 5.43 Å². The summed E-state index contributed by atoms with van der Waals surface area (Å²) in [7, 11) is 0. The van der Waals surface area contributed by atoms with Gasteiger partial charge < -0.3 is 10.3 Å². The molecule has 0 spiro atoms. The number of carbonyl (C=O) groups is 1. The molecule has 0 fully saturated rings. The number of rotatable bonds is 2. The van der Waals surface area contributed by atoms with E-state index in [1.807, 2.05) is 19.1 Å².